The van der Waals surface area contributed by atoms with Crippen LogP contribution in [0.2, 0.25) is 0 Å². The summed E-state index contributed by atoms with van der Waals surface area (Å²) in [6.45, 7) is 0.244. The predicted molar refractivity (Wildman–Crippen MR) is 90.7 cm³/mol. The second kappa shape index (κ2) is 6.47. The van der Waals surface area contributed by atoms with Crippen molar-refractivity contribution in [1.82, 2.24) is 19.9 Å². The molecule has 1 fully saturated rings. The molecular formula is C19H17FN4O. The van der Waals surface area contributed by atoms with Crippen LogP contribution in [0, 0.1) is 5.82 Å². The molecule has 1 aliphatic rings. The number of hydrogen-bond donors (Lipinski definition) is 0. The molecule has 6 heteroatoms. The first-order valence-electron chi connectivity index (χ1n) is 8.24. The lowest BCUT2D eigenvalue weighted by molar-refractivity contribution is 0.0722. The zero-order valence-corrected chi connectivity index (χ0v) is 13.5. The summed E-state index contributed by atoms with van der Waals surface area (Å²) in [7, 11) is 0. The number of nitrogens with zero attached hydrogens (tertiary/aromatic N) is 4. The van der Waals surface area contributed by atoms with Crippen molar-refractivity contribution in [2.75, 3.05) is 0 Å². The molecule has 2 aromatic carbocycles. The first kappa shape index (κ1) is 15.5. The molecule has 1 aromatic heterocycles. The molecule has 0 aliphatic heterocycles. The van der Waals surface area contributed by atoms with E-state index in [-0.39, 0.29) is 30.0 Å². The molecule has 5 nitrogen and oxygen atoms in total. The van der Waals surface area contributed by atoms with E-state index in [1.807, 2.05) is 30.3 Å². The van der Waals surface area contributed by atoms with Crippen LogP contribution in [0.1, 0.15) is 28.9 Å². The van der Waals surface area contributed by atoms with Gasteiger partial charge in [-0.1, -0.05) is 36.4 Å². The van der Waals surface area contributed by atoms with Gasteiger partial charge in [-0.2, -0.15) is 9.90 Å². The lowest BCUT2D eigenvalue weighted by Gasteiger charge is -2.21. The van der Waals surface area contributed by atoms with Gasteiger partial charge >= 0.3 is 0 Å². The standard InChI is InChI=1S/C19H17FN4O/c20-17-9-5-4-6-14(17)13-23(15-10-11-15)19(25)18-12-21-24(22-18)16-7-2-1-3-8-16/h1-9,12,15H,10-11,13H2. The van der Waals surface area contributed by atoms with E-state index < -0.39 is 0 Å². The fraction of sp³-hybridized carbons (Fsp3) is 0.211. The van der Waals surface area contributed by atoms with E-state index in [2.05, 4.69) is 10.2 Å². The molecule has 126 valence electrons. The van der Waals surface area contributed by atoms with Crippen molar-refractivity contribution in [3.8, 4) is 5.69 Å². The highest BCUT2D eigenvalue weighted by Crippen LogP contribution is 2.30. The van der Waals surface area contributed by atoms with Gasteiger partial charge in [0.25, 0.3) is 5.91 Å². The van der Waals surface area contributed by atoms with E-state index in [1.165, 1.54) is 17.1 Å². The predicted octanol–water partition coefficient (Wildman–Crippen LogP) is 3.21. The van der Waals surface area contributed by atoms with Crippen LogP contribution in [0.3, 0.4) is 0 Å². The molecule has 25 heavy (non-hydrogen) atoms. The summed E-state index contributed by atoms with van der Waals surface area (Å²) in [6.07, 6.45) is 3.34. The van der Waals surface area contributed by atoms with Gasteiger partial charge in [-0.3, -0.25) is 4.79 Å². The Kier molecular flexibility index (Phi) is 4.01. The number of halogens is 1. The molecule has 0 radical (unpaired) electrons. The molecular weight excluding hydrogens is 319 g/mol. The second-order valence-electron chi connectivity index (χ2n) is 6.11. The summed E-state index contributed by atoms with van der Waals surface area (Å²) in [5, 5.41) is 8.47. The Labute approximate surface area is 144 Å². The van der Waals surface area contributed by atoms with E-state index in [0.717, 1.165) is 18.5 Å². The van der Waals surface area contributed by atoms with Crippen molar-refractivity contribution < 1.29 is 9.18 Å². The van der Waals surface area contributed by atoms with E-state index in [4.69, 9.17) is 0 Å². The Balaban J connectivity index is 1.58. The summed E-state index contributed by atoms with van der Waals surface area (Å²) in [4.78, 5) is 16.0. The van der Waals surface area contributed by atoms with E-state index in [9.17, 15) is 9.18 Å². The third-order valence-electron chi connectivity index (χ3n) is 4.25. The van der Waals surface area contributed by atoms with Gasteiger partial charge in [0.1, 0.15) is 5.82 Å². The Hall–Kier alpha value is -3.02. The maximum Gasteiger partial charge on any atom is 0.276 e. The molecule has 3 aromatic rings. The van der Waals surface area contributed by atoms with E-state index in [0.29, 0.717) is 5.56 Å². The lowest BCUT2D eigenvalue weighted by Crippen LogP contribution is -2.33. The van der Waals surface area contributed by atoms with Crippen LogP contribution in [0.15, 0.2) is 60.8 Å². The SMILES string of the molecule is O=C(c1cnn(-c2ccccc2)n1)N(Cc1ccccc1F)C1CC1. The average Bonchev–Trinajstić information content (AvgIpc) is 3.36. The Morgan fingerprint density at radius 2 is 1.84 bits per heavy atom. The van der Waals surface area contributed by atoms with Gasteiger partial charge in [-0.05, 0) is 31.0 Å². The number of amides is 1. The van der Waals surface area contributed by atoms with Gasteiger partial charge in [-0.25, -0.2) is 4.39 Å². The largest absolute Gasteiger partial charge is 0.330 e. The molecule has 1 aliphatic carbocycles. The van der Waals surface area contributed by atoms with Crippen LogP contribution in [-0.4, -0.2) is 31.8 Å². The topological polar surface area (TPSA) is 51.0 Å². The highest BCUT2D eigenvalue weighted by atomic mass is 19.1. The van der Waals surface area contributed by atoms with Crippen LogP contribution in [0.5, 0.6) is 0 Å². The van der Waals surface area contributed by atoms with Crippen LogP contribution in [-0.2, 0) is 6.54 Å². The average molecular weight is 336 g/mol. The van der Waals surface area contributed by atoms with E-state index in [1.54, 1.807) is 23.1 Å². The summed E-state index contributed by atoms with van der Waals surface area (Å²) in [5.74, 6) is -0.512. The highest BCUT2D eigenvalue weighted by Gasteiger charge is 2.34. The number of hydrogen-bond acceptors (Lipinski definition) is 3. The third-order valence-corrected chi connectivity index (χ3v) is 4.25. The Morgan fingerprint density at radius 1 is 1.12 bits per heavy atom. The minimum Gasteiger partial charge on any atom is -0.330 e. The minimum absolute atomic E-state index is 0.147. The summed E-state index contributed by atoms with van der Waals surface area (Å²) < 4.78 is 14.0. The number of carbonyl (C=O) groups excluding carboxylic acids is 1. The molecule has 1 amide bonds. The van der Waals surface area contributed by atoms with Crippen molar-refractivity contribution >= 4 is 5.91 Å². The van der Waals surface area contributed by atoms with Gasteiger partial charge in [0, 0.05) is 18.2 Å². The Bertz CT molecular complexity index is 889. The van der Waals surface area contributed by atoms with Gasteiger partial charge in [0.2, 0.25) is 0 Å². The molecule has 0 saturated heterocycles. The Morgan fingerprint density at radius 3 is 2.56 bits per heavy atom. The first-order chi connectivity index (χ1) is 12.2. The normalized spacial score (nSPS) is 13.6. The molecule has 0 N–H and O–H groups in total. The zero-order chi connectivity index (χ0) is 17.2. The quantitative estimate of drug-likeness (QED) is 0.719. The van der Waals surface area contributed by atoms with Gasteiger partial charge < -0.3 is 4.90 Å². The van der Waals surface area contributed by atoms with Gasteiger partial charge in [0.15, 0.2) is 5.69 Å². The highest BCUT2D eigenvalue weighted by molar-refractivity contribution is 5.92. The second-order valence-corrected chi connectivity index (χ2v) is 6.11. The number of para-hydroxylation sites is 1. The van der Waals surface area contributed by atoms with Crippen molar-refractivity contribution in [2.45, 2.75) is 25.4 Å². The van der Waals surface area contributed by atoms with E-state index >= 15 is 0 Å². The number of carbonyl (C=O) groups is 1. The monoisotopic (exact) mass is 336 g/mol. The minimum atomic E-state index is -0.297. The van der Waals surface area contributed by atoms with Crippen LogP contribution in [0.25, 0.3) is 5.69 Å². The zero-order valence-electron chi connectivity index (χ0n) is 13.5. The van der Waals surface area contributed by atoms with Gasteiger partial charge in [-0.15, -0.1) is 5.10 Å². The molecule has 0 atom stereocenters. The third kappa shape index (κ3) is 3.28. The van der Waals surface area contributed by atoms with Crippen molar-refractivity contribution in [1.29, 1.82) is 0 Å². The maximum absolute atomic E-state index is 14.0. The van der Waals surface area contributed by atoms with Crippen LogP contribution >= 0.6 is 0 Å². The van der Waals surface area contributed by atoms with Crippen LogP contribution in [0.4, 0.5) is 4.39 Å². The number of rotatable bonds is 5. The van der Waals surface area contributed by atoms with Crippen molar-refractivity contribution in [3.05, 3.63) is 77.9 Å². The summed E-state index contributed by atoms with van der Waals surface area (Å²) in [6, 6.07) is 16.1. The number of aromatic nitrogens is 3. The molecule has 1 heterocycles. The molecule has 0 spiro atoms. The molecule has 0 bridgehead atoms. The maximum atomic E-state index is 14.0. The summed E-state index contributed by atoms with van der Waals surface area (Å²) >= 11 is 0. The molecule has 1 saturated carbocycles. The van der Waals surface area contributed by atoms with Gasteiger partial charge in [0.05, 0.1) is 11.9 Å². The smallest absolute Gasteiger partial charge is 0.276 e. The van der Waals surface area contributed by atoms with Crippen LogP contribution < -0.4 is 0 Å². The van der Waals surface area contributed by atoms with Crippen molar-refractivity contribution in [3.63, 3.8) is 0 Å². The fourth-order valence-electron chi connectivity index (χ4n) is 2.76. The lowest BCUT2D eigenvalue weighted by atomic mass is 10.2. The summed E-state index contributed by atoms with van der Waals surface area (Å²) in [5.41, 5.74) is 1.57. The van der Waals surface area contributed by atoms with Crippen molar-refractivity contribution in [2.24, 2.45) is 0 Å². The molecule has 4 rings (SSSR count). The fourth-order valence-corrected chi connectivity index (χ4v) is 2.76. The number of benzene rings is 2. The molecule has 0 unspecified atom stereocenters. The first-order valence-corrected chi connectivity index (χ1v) is 8.24.